The average molecular weight is 692 g/mol. The lowest BCUT2D eigenvalue weighted by Crippen LogP contribution is -2.54. The van der Waals surface area contributed by atoms with Crippen LogP contribution in [-0.4, -0.2) is 99.3 Å². The summed E-state index contributed by atoms with van der Waals surface area (Å²) in [5, 5.41) is 26.6. The second-order valence-electron chi connectivity index (χ2n) is 13.8. The molecular formula is C36H57N11O3. The van der Waals surface area contributed by atoms with Gasteiger partial charge in [-0.15, -0.1) is 5.10 Å². The van der Waals surface area contributed by atoms with Crippen molar-refractivity contribution in [2.45, 2.75) is 110 Å². The summed E-state index contributed by atoms with van der Waals surface area (Å²) in [7, 11) is 0. The molecule has 14 nitrogen and oxygen atoms in total. The minimum atomic E-state index is -0.621. The number of carbonyl (C=O) groups excluding carboxylic acids is 2. The molecule has 5 N–H and O–H groups in total. The number of nitrogens with zero attached hydrogens (tertiary/aromatic N) is 6. The predicted molar refractivity (Wildman–Crippen MR) is 196 cm³/mol. The summed E-state index contributed by atoms with van der Waals surface area (Å²) < 4.78 is 6.91. The average Bonchev–Trinajstić information content (AvgIpc) is 3.59. The fraction of sp³-hybridized carbons (Fsp3) is 0.667. The molecule has 2 amide bonds. The molecule has 2 fully saturated rings. The second kappa shape index (κ2) is 19.4. The number of alkyl carbamates (subject to hydrolysis) is 1. The van der Waals surface area contributed by atoms with E-state index in [1.165, 1.54) is 32.1 Å². The number of piperidine rings is 1. The van der Waals surface area contributed by atoms with Gasteiger partial charge in [-0.05, 0) is 83.1 Å². The third kappa shape index (κ3) is 11.2. The smallest absolute Gasteiger partial charge is 0.407 e. The molecule has 50 heavy (non-hydrogen) atoms. The maximum atomic E-state index is 13.3. The van der Waals surface area contributed by atoms with Crippen LogP contribution in [0.4, 0.5) is 16.6 Å². The first-order valence-electron chi connectivity index (χ1n) is 18.7. The Bertz CT molecular complexity index is 1480. The topological polar surface area (TPSA) is 163 Å². The van der Waals surface area contributed by atoms with Gasteiger partial charge in [-0.25, -0.2) is 9.78 Å². The Morgan fingerprint density at radius 3 is 2.52 bits per heavy atom. The number of likely N-dealkylation sites (tertiary alicyclic amines) is 1. The molecule has 2 aliphatic rings. The van der Waals surface area contributed by atoms with E-state index in [0.29, 0.717) is 25.6 Å². The molecule has 1 atom stereocenters. The maximum Gasteiger partial charge on any atom is 0.407 e. The van der Waals surface area contributed by atoms with Crippen LogP contribution < -0.4 is 26.6 Å². The van der Waals surface area contributed by atoms with Gasteiger partial charge in [0.25, 0.3) is 0 Å². The Labute approximate surface area is 296 Å². The molecule has 1 saturated carbocycles. The van der Waals surface area contributed by atoms with Crippen LogP contribution in [0.1, 0.15) is 84.3 Å². The van der Waals surface area contributed by atoms with Gasteiger partial charge >= 0.3 is 6.09 Å². The van der Waals surface area contributed by atoms with E-state index in [1.807, 2.05) is 53.9 Å². The Balaban J connectivity index is 1.06. The van der Waals surface area contributed by atoms with Gasteiger partial charge in [-0.2, -0.15) is 4.98 Å². The van der Waals surface area contributed by atoms with Crippen LogP contribution in [0.2, 0.25) is 0 Å². The molecule has 1 aromatic carbocycles. The minimum absolute atomic E-state index is 0.0546. The fourth-order valence-corrected chi connectivity index (χ4v) is 6.73. The molecule has 274 valence electrons. The molecule has 0 radical (unpaired) electrons. The van der Waals surface area contributed by atoms with Crippen molar-refractivity contribution in [2.24, 2.45) is 5.92 Å². The summed E-state index contributed by atoms with van der Waals surface area (Å²) >= 11 is 0. The summed E-state index contributed by atoms with van der Waals surface area (Å²) in [5.74, 6) is 1.14. The van der Waals surface area contributed by atoms with Crippen LogP contribution in [0.3, 0.4) is 0 Å². The molecule has 3 aromatic rings. The van der Waals surface area contributed by atoms with Crippen molar-refractivity contribution in [1.82, 2.24) is 45.8 Å². The third-order valence-corrected chi connectivity index (χ3v) is 9.56. The van der Waals surface area contributed by atoms with Gasteiger partial charge < -0.3 is 36.2 Å². The minimum Gasteiger partial charge on any atom is -0.450 e. The molecule has 5 rings (SSSR count). The highest BCUT2D eigenvalue weighted by atomic mass is 16.5. The first-order valence-corrected chi connectivity index (χ1v) is 18.7. The zero-order valence-electron chi connectivity index (χ0n) is 30.1. The first-order chi connectivity index (χ1) is 24.4. The number of amides is 2. The monoisotopic (exact) mass is 691 g/mol. The molecule has 1 unspecified atom stereocenters. The van der Waals surface area contributed by atoms with Gasteiger partial charge in [0, 0.05) is 37.1 Å². The molecule has 3 heterocycles. The van der Waals surface area contributed by atoms with Crippen molar-refractivity contribution in [3.8, 4) is 0 Å². The Kier molecular flexibility index (Phi) is 14.4. The SMILES string of the molecule is CCOC(=O)NC(C(=O)N1CCC(Nc2nc(NCc3cn(CCCNCCCNC4CCCCC4)nn3)nc3ccccc23)CC1)C(C)C. The molecule has 2 aromatic heterocycles. The lowest BCUT2D eigenvalue weighted by Gasteiger charge is -2.35. The Morgan fingerprint density at radius 1 is 0.960 bits per heavy atom. The zero-order valence-corrected chi connectivity index (χ0v) is 30.1. The highest BCUT2D eigenvalue weighted by Gasteiger charge is 2.32. The molecule has 14 heteroatoms. The number of carbonyl (C=O) groups is 2. The van der Waals surface area contributed by atoms with E-state index in [0.717, 1.165) is 80.3 Å². The number of aromatic nitrogens is 5. The predicted octanol–water partition coefficient (Wildman–Crippen LogP) is 4.30. The number of aryl methyl sites for hydroxylation is 1. The number of rotatable bonds is 18. The number of fused-ring (bicyclic) bond motifs is 1. The molecule has 1 aliphatic heterocycles. The van der Waals surface area contributed by atoms with Gasteiger partial charge in [0.15, 0.2) is 0 Å². The quantitative estimate of drug-likeness (QED) is 0.121. The highest BCUT2D eigenvalue weighted by Crippen LogP contribution is 2.25. The van der Waals surface area contributed by atoms with E-state index in [4.69, 9.17) is 14.7 Å². The first kappa shape index (κ1) is 37.2. The van der Waals surface area contributed by atoms with E-state index >= 15 is 0 Å². The van der Waals surface area contributed by atoms with Crippen molar-refractivity contribution in [2.75, 3.05) is 50.0 Å². The summed E-state index contributed by atoms with van der Waals surface area (Å²) in [6, 6.07) is 8.19. The third-order valence-electron chi connectivity index (χ3n) is 9.56. The van der Waals surface area contributed by atoms with Crippen molar-refractivity contribution < 1.29 is 14.3 Å². The number of nitrogens with one attached hydrogen (secondary N) is 5. The van der Waals surface area contributed by atoms with E-state index in [2.05, 4.69) is 36.9 Å². The summed E-state index contributed by atoms with van der Waals surface area (Å²) in [6.45, 7) is 11.4. The summed E-state index contributed by atoms with van der Waals surface area (Å²) in [6.07, 6.45) is 11.9. The van der Waals surface area contributed by atoms with Crippen LogP contribution in [-0.2, 0) is 22.6 Å². The lowest BCUT2D eigenvalue weighted by atomic mass is 9.95. The van der Waals surface area contributed by atoms with E-state index in [9.17, 15) is 9.59 Å². The van der Waals surface area contributed by atoms with E-state index < -0.39 is 12.1 Å². The van der Waals surface area contributed by atoms with Crippen LogP contribution in [0, 0.1) is 5.92 Å². The fourth-order valence-electron chi connectivity index (χ4n) is 6.73. The maximum absolute atomic E-state index is 13.3. The normalized spacial score (nSPS) is 16.4. The molecule has 1 saturated heterocycles. The van der Waals surface area contributed by atoms with Crippen LogP contribution in [0.25, 0.3) is 10.9 Å². The van der Waals surface area contributed by atoms with Crippen molar-refractivity contribution in [3.63, 3.8) is 0 Å². The van der Waals surface area contributed by atoms with Crippen molar-refractivity contribution >= 4 is 34.7 Å². The molecule has 0 spiro atoms. The number of hydrogen-bond acceptors (Lipinski definition) is 11. The van der Waals surface area contributed by atoms with E-state index in [-0.39, 0.29) is 24.5 Å². The molecule has 1 aliphatic carbocycles. The second-order valence-corrected chi connectivity index (χ2v) is 13.8. The van der Waals surface area contributed by atoms with Crippen LogP contribution >= 0.6 is 0 Å². The van der Waals surface area contributed by atoms with Gasteiger partial charge in [-0.1, -0.05) is 50.5 Å². The van der Waals surface area contributed by atoms with Crippen LogP contribution in [0.5, 0.6) is 0 Å². The largest absolute Gasteiger partial charge is 0.450 e. The number of hydrogen-bond donors (Lipinski definition) is 5. The lowest BCUT2D eigenvalue weighted by molar-refractivity contribution is -0.135. The standard InChI is InChI=1S/C36H57N11O3/c1-4-50-36(49)42-32(26(2)3)34(48)46-22-16-28(17-23-46)40-33-30-14-8-9-15-31(30)41-35(43-33)39-24-29-25-47(45-44-29)21-11-19-37-18-10-20-38-27-12-6-5-7-13-27/h8-9,14-15,25-28,32,37-38H,4-7,10-13,16-24H2,1-3H3,(H,42,49)(H2,39,40,41,43). The number of ether oxygens (including phenoxy) is 1. The van der Waals surface area contributed by atoms with Gasteiger partial charge in [0.2, 0.25) is 11.9 Å². The number of anilines is 2. The van der Waals surface area contributed by atoms with Crippen LogP contribution in [0.15, 0.2) is 30.5 Å². The van der Waals surface area contributed by atoms with Gasteiger partial charge in [-0.3, -0.25) is 9.48 Å². The number of benzene rings is 1. The van der Waals surface area contributed by atoms with E-state index in [1.54, 1.807) is 6.92 Å². The highest BCUT2D eigenvalue weighted by molar-refractivity contribution is 5.90. The zero-order chi connectivity index (χ0) is 35.1. The van der Waals surface area contributed by atoms with Gasteiger partial charge in [0.1, 0.15) is 17.6 Å². The van der Waals surface area contributed by atoms with Crippen molar-refractivity contribution in [3.05, 3.63) is 36.2 Å². The summed E-state index contributed by atoms with van der Waals surface area (Å²) in [4.78, 5) is 36.8. The van der Waals surface area contributed by atoms with Crippen molar-refractivity contribution in [1.29, 1.82) is 0 Å². The Morgan fingerprint density at radius 2 is 1.74 bits per heavy atom. The molecular weight excluding hydrogens is 634 g/mol. The summed E-state index contributed by atoms with van der Waals surface area (Å²) in [5.41, 5.74) is 1.66. The number of para-hydroxylation sites is 1. The molecule has 0 bridgehead atoms. The van der Waals surface area contributed by atoms with Gasteiger partial charge in [0.05, 0.1) is 24.9 Å². The Hall–Kier alpha value is -4.04.